The molecule has 0 heterocycles. The number of anilines is 1. The minimum Gasteiger partial charge on any atom is -0.508 e. The standard InChI is InChI=1S/C12H18N2O5S/c1-4-14(11-8-10(15)7-6-9(11)3)20(17,18)13-12(16)19-5-2/h6-8,15H,4-5H2,1-3H3,(H,13,16). The number of phenols is 1. The zero-order valence-electron chi connectivity index (χ0n) is 11.6. The number of nitrogens with zero attached hydrogens (tertiary/aromatic N) is 1. The third kappa shape index (κ3) is 3.77. The van der Waals surface area contributed by atoms with E-state index in [1.54, 1.807) is 26.8 Å². The molecule has 0 spiro atoms. The summed E-state index contributed by atoms with van der Waals surface area (Å²) in [5.41, 5.74) is 0.947. The van der Waals surface area contributed by atoms with Crippen LogP contribution in [0, 0.1) is 6.92 Å². The molecule has 0 unspecified atom stereocenters. The van der Waals surface area contributed by atoms with E-state index >= 15 is 0 Å². The van der Waals surface area contributed by atoms with Gasteiger partial charge in [0.05, 0.1) is 12.3 Å². The van der Waals surface area contributed by atoms with Crippen molar-refractivity contribution in [2.45, 2.75) is 20.8 Å². The molecule has 0 bridgehead atoms. The topological polar surface area (TPSA) is 95.9 Å². The number of hydrogen-bond acceptors (Lipinski definition) is 5. The lowest BCUT2D eigenvalue weighted by molar-refractivity contribution is 0.158. The number of nitrogens with one attached hydrogen (secondary N) is 1. The molecule has 2 N–H and O–H groups in total. The van der Waals surface area contributed by atoms with Gasteiger partial charge in [-0.3, -0.25) is 4.31 Å². The molecule has 0 aromatic heterocycles. The van der Waals surface area contributed by atoms with Crippen molar-refractivity contribution in [3.05, 3.63) is 23.8 Å². The Bertz CT molecular complexity index is 586. The van der Waals surface area contributed by atoms with Gasteiger partial charge >= 0.3 is 16.3 Å². The van der Waals surface area contributed by atoms with Crippen LogP contribution in [0.15, 0.2) is 18.2 Å². The molecular weight excluding hydrogens is 284 g/mol. The number of phenolic OH excluding ortho intramolecular Hbond substituents is 1. The molecule has 0 aliphatic heterocycles. The van der Waals surface area contributed by atoms with Crippen LogP contribution in [0.5, 0.6) is 5.75 Å². The molecule has 1 amide bonds. The first-order chi connectivity index (χ1) is 9.31. The summed E-state index contributed by atoms with van der Waals surface area (Å²) in [6.45, 7) is 5.06. The first-order valence-electron chi connectivity index (χ1n) is 6.08. The fraction of sp³-hybridized carbons (Fsp3) is 0.417. The summed E-state index contributed by atoms with van der Waals surface area (Å²) in [5.74, 6) is -0.0598. The largest absolute Gasteiger partial charge is 0.508 e. The molecule has 8 heteroatoms. The minimum absolute atomic E-state index is 0.0598. The highest BCUT2D eigenvalue weighted by molar-refractivity contribution is 7.91. The lowest BCUT2D eigenvalue weighted by Crippen LogP contribution is -2.44. The SMILES string of the molecule is CCOC(=O)NS(=O)(=O)N(CC)c1cc(O)ccc1C. The Morgan fingerprint density at radius 2 is 2.05 bits per heavy atom. The second-order valence-electron chi connectivity index (χ2n) is 3.96. The lowest BCUT2D eigenvalue weighted by atomic mass is 10.2. The van der Waals surface area contributed by atoms with Gasteiger partial charge in [0.1, 0.15) is 5.75 Å². The average Bonchev–Trinajstić information content (AvgIpc) is 2.33. The number of amides is 1. The summed E-state index contributed by atoms with van der Waals surface area (Å²) in [6, 6.07) is 4.37. The Morgan fingerprint density at radius 1 is 1.40 bits per heavy atom. The Hall–Kier alpha value is -1.96. The fourth-order valence-corrected chi connectivity index (χ4v) is 2.83. The Kier molecular flexibility index (Phi) is 5.20. The number of aromatic hydroxyl groups is 1. The molecule has 0 atom stereocenters. The van der Waals surface area contributed by atoms with Crippen LogP contribution in [0.4, 0.5) is 10.5 Å². The Labute approximate surface area is 118 Å². The van der Waals surface area contributed by atoms with Crippen molar-refractivity contribution in [2.24, 2.45) is 0 Å². The summed E-state index contributed by atoms with van der Waals surface area (Å²) in [4.78, 5) is 11.3. The van der Waals surface area contributed by atoms with Crippen LogP contribution < -0.4 is 9.03 Å². The first kappa shape index (κ1) is 16.1. The highest BCUT2D eigenvalue weighted by atomic mass is 32.2. The highest BCUT2D eigenvalue weighted by Crippen LogP contribution is 2.26. The van der Waals surface area contributed by atoms with E-state index in [0.29, 0.717) is 11.3 Å². The first-order valence-corrected chi connectivity index (χ1v) is 7.52. The van der Waals surface area contributed by atoms with Gasteiger partial charge in [0.2, 0.25) is 0 Å². The van der Waals surface area contributed by atoms with Crippen molar-refractivity contribution in [3.63, 3.8) is 0 Å². The van der Waals surface area contributed by atoms with Crippen molar-refractivity contribution in [1.29, 1.82) is 0 Å². The van der Waals surface area contributed by atoms with E-state index in [-0.39, 0.29) is 18.9 Å². The minimum atomic E-state index is -4.09. The van der Waals surface area contributed by atoms with E-state index in [4.69, 9.17) is 0 Å². The van der Waals surface area contributed by atoms with Crippen LogP contribution in [0.25, 0.3) is 0 Å². The van der Waals surface area contributed by atoms with Gasteiger partial charge in [-0.1, -0.05) is 6.07 Å². The van der Waals surface area contributed by atoms with E-state index < -0.39 is 16.3 Å². The Morgan fingerprint density at radius 3 is 2.60 bits per heavy atom. The van der Waals surface area contributed by atoms with Gasteiger partial charge in [-0.25, -0.2) is 9.52 Å². The molecule has 1 rings (SSSR count). The van der Waals surface area contributed by atoms with Crippen LogP contribution in [-0.4, -0.2) is 32.8 Å². The molecule has 0 aliphatic carbocycles. The predicted octanol–water partition coefficient (Wildman–Crippen LogP) is 1.52. The maximum Gasteiger partial charge on any atom is 0.422 e. The van der Waals surface area contributed by atoms with E-state index in [1.807, 2.05) is 4.72 Å². The summed E-state index contributed by atoms with van der Waals surface area (Å²) < 4.78 is 31.6. The summed E-state index contributed by atoms with van der Waals surface area (Å²) in [6.07, 6.45) is -1.04. The number of carbonyl (C=O) groups excluding carboxylic acids is 1. The van der Waals surface area contributed by atoms with Crippen LogP contribution in [0.2, 0.25) is 0 Å². The van der Waals surface area contributed by atoms with Crippen LogP contribution >= 0.6 is 0 Å². The van der Waals surface area contributed by atoms with Crippen LogP contribution in [0.3, 0.4) is 0 Å². The number of ether oxygens (including phenoxy) is 1. The molecule has 0 fully saturated rings. The van der Waals surface area contributed by atoms with Gasteiger partial charge in [0.15, 0.2) is 0 Å². The second-order valence-corrected chi connectivity index (χ2v) is 5.56. The molecule has 0 saturated carbocycles. The van der Waals surface area contributed by atoms with Gasteiger partial charge in [-0.2, -0.15) is 8.42 Å². The summed E-state index contributed by atoms with van der Waals surface area (Å²) in [7, 11) is -4.09. The monoisotopic (exact) mass is 302 g/mol. The number of benzene rings is 1. The molecule has 20 heavy (non-hydrogen) atoms. The maximum atomic E-state index is 12.1. The third-order valence-corrected chi connectivity index (χ3v) is 3.99. The zero-order valence-corrected chi connectivity index (χ0v) is 12.4. The number of carbonyl (C=O) groups is 1. The molecule has 1 aromatic rings. The van der Waals surface area contributed by atoms with E-state index in [0.717, 1.165) is 4.31 Å². The average molecular weight is 302 g/mol. The van der Waals surface area contributed by atoms with Crippen molar-refractivity contribution < 1.29 is 23.1 Å². The maximum absolute atomic E-state index is 12.1. The normalized spacial score (nSPS) is 10.9. The molecule has 1 aromatic carbocycles. The smallest absolute Gasteiger partial charge is 0.422 e. The van der Waals surface area contributed by atoms with Gasteiger partial charge in [0, 0.05) is 12.6 Å². The third-order valence-electron chi connectivity index (χ3n) is 2.53. The van der Waals surface area contributed by atoms with Crippen molar-refractivity contribution in [3.8, 4) is 5.75 Å². The summed E-state index contributed by atoms with van der Waals surface area (Å²) >= 11 is 0. The predicted molar refractivity (Wildman–Crippen MR) is 74.9 cm³/mol. The van der Waals surface area contributed by atoms with E-state index in [1.165, 1.54) is 12.1 Å². The van der Waals surface area contributed by atoms with Crippen molar-refractivity contribution >= 4 is 22.0 Å². The van der Waals surface area contributed by atoms with Gasteiger partial charge in [-0.15, -0.1) is 0 Å². The lowest BCUT2D eigenvalue weighted by Gasteiger charge is -2.24. The molecule has 7 nitrogen and oxygen atoms in total. The van der Waals surface area contributed by atoms with E-state index in [9.17, 15) is 18.3 Å². The molecule has 0 saturated heterocycles. The zero-order chi connectivity index (χ0) is 15.3. The van der Waals surface area contributed by atoms with Gasteiger partial charge < -0.3 is 9.84 Å². The number of hydrogen-bond donors (Lipinski definition) is 2. The Balaban J connectivity index is 3.11. The quantitative estimate of drug-likeness (QED) is 0.859. The molecule has 112 valence electrons. The second kappa shape index (κ2) is 6.47. The number of rotatable bonds is 5. The molecular formula is C12H18N2O5S. The van der Waals surface area contributed by atoms with Crippen LogP contribution in [-0.2, 0) is 14.9 Å². The fourth-order valence-electron chi connectivity index (χ4n) is 1.66. The molecule has 0 radical (unpaired) electrons. The van der Waals surface area contributed by atoms with Gasteiger partial charge in [-0.05, 0) is 32.4 Å². The van der Waals surface area contributed by atoms with E-state index in [2.05, 4.69) is 4.74 Å². The van der Waals surface area contributed by atoms with Crippen LogP contribution in [0.1, 0.15) is 19.4 Å². The summed E-state index contributed by atoms with van der Waals surface area (Å²) in [5, 5.41) is 9.48. The van der Waals surface area contributed by atoms with Crippen molar-refractivity contribution in [1.82, 2.24) is 4.72 Å². The number of aryl methyl sites for hydroxylation is 1. The molecule has 0 aliphatic rings. The van der Waals surface area contributed by atoms with Crippen molar-refractivity contribution in [2.75, 3.05) is 17.5 Å². The van der Waals surface area contributed by atoms with Gasteiger partial charge in [0.25, 0.3) is 0 Å². The highest BCUT2D eigenvalue weighted by Gasteiger charge is 2.25.